The number of nitrogens with one attached hydrogen (secondary N) is 1. The molecule has 1 saturated heterocycles. The van der Waals surface area contributed by atoms with E-state index in [1.807, 2.05) is 12.1 Å². The van der Waals surface area contributed by atoms with Crippen molar-refractivity contribution in [3.05, 3.63) is 29.8 Å². The molecule has 28 heavy (non-hydrogen) atoms. The van der Waals surface area contributed by atoms with Crippen LogP contribution in [0.1, 0.15) is 50.5 Å². The first-order valence-corrected chi connectivity index (χ1v) is 11.2. The largest absolute Gasteiger partial charge is 0.379 e. The highest BCUT2D eigenvalue weighted by atomic mass is 16.5. The molecule has 5 nitrogen and oxygen atoms in total. The Labute approximate surface area is 169 Å². The quantitative estimate of drug-likeness (QED) is 0.744. The molecule has 1 aromatic rings. The lowest BCUT2D eigenvalue weighted by Crippen LogP contribution is -2.38. The monoisotopic (exact) mass is 385 g/mol. The number of carbonyl (C=O) groups is 1. The van der Waals surface area contributed by atoms with Crippen molar-refractivity contribution in [1.29, 1.82) is 0 Å². The third-order valence-corrected chi connectivity index (χ3v) is 6.37. The zero-order chi connectivity index (χ0) is 19.2. The van der Waals surface area contributed by atoms with Gasteiger partial charge < -0.3 is 10.1 Å². The first-order chi connectivity index (χ1) is 13.8. The van der Waals surface area contributed by atoms with E-state index in [1.54, 1.807) is 0 Å². The van der Waals surface area contributed by atoms with Crippen molar-refractivity contribution < 1.29 is 9.53 Å². The van der Waals surface area contributed by atoms with Gasteiger partial charge in [0, 0.05) is 37.9 Å². The number of carbonyl (C=O) groups excluding carboxylic acids is 1. The molecule has 0 aromatic heterocycles. The number of benzene rings is 1. The van der Waals surface area contributed by atoms with E-state index in [0.717, 1.165) is 51.0 Å². The van der Waals surface area contributed by atoms with Crippen molar-refractivity contribution in [3.8, 4) is 0 Å². The highest BCUT2D eigenvalue weighted by Gasteiger charge is 2.32. The minimum atomic E-state index is 0.128. The van der Waals surface area contributed by atoms with Crippen LogP contribution in [0.15, 0.2) is 24.3 Å². The highest BCUT2D eigenvalue weighted by molar-refractivity contribution is 5.92. The summed E-state index contributed by atoms with van der Waals surface area (Å²) in [6.07, 6.45) is 9.33. The summed E-state index contributed by atoms with van der Waals surface area (Å²) in [6.45, 7) is 6.24. The van der Waals surface area contributed by atoms with Gasteiger partial charge in [-0.2, -0.15) is 0 Å². The summed E-state index contributed by atoms with van der Waals surface area (Å²) in [7, 11) is 0. The first-order valence-electron chi connectivity index (χ1n) is 11.2. The second-order valence-electron chi connectivity index (χ2n) is 8.80. The molecule has 1 heterocycles. The predicted molar refractivity (Wildman–Crippen MR) is 112 cm³/mol. The fraction of sp³-hybridized carbons (Fsp3) is 0.696. The van der Waals surface area contributed by atoms with Gasteiger partial charge in [0.05, 0.1) is 19.8 Å². The Morgan fingerprint density at radius 3 is 2.43 bits per heavy atom. The van der Waals surface area contributed by atoms with Crippen molar-refractivity contribution in [2.75, 3.05) is 44.7 Å². The van der Waals surface area contributed by atoms with Crippen molar-refractivity contribution in [2.24, 2.45) is 5.92 Å². The Morgan fingerprint density at radius 2 is 1.75 bits per heavy atom. The van der Waals surface area contributed by atoms with Crippen LogP contribution < -0.4 is 5.32 Å². The molecule has 2 saturated carbocycles. The summed E-state index contributed by atoms with van der Waals surface area (Å²) in [6, 6.07) is 8.98. The van der Waals surface area contributed by atoms with Crippen molar-refractivity contribution >= 4 is 11.6 Å². The number of amides is 1. The SMILES string of the molecule is O=C(CN(CC1CCCCC1)C1CC1)Nc1ccc(CN2CCOCC2)cc1. The molecular weight excluding hydrogens is 350 g/mol. The summed E-state index contributed by atoms with van der Waals surface area (Å²) in [5.74, 6) is 0.922. The Balaban J connectivity index is 1.25. The normalized spacial score (nSPS) is 21.8. The third kappa shape index (κ3) is 6.03. The summed E-state index contributed by atoms with van der Waals surface area (Å²) < 4.78 is 5.41. The Hall–Kier alpha value is -1.43. The molecule has 0 spiro atoms. The number of ether oxygens (including phenoxy) is 1. The number of morpholine rings is 1. The Kier molecular flexibility index (Phi) is 7.00. The minimum absolute atomic E-state index is 0.128. The summed E-state index contributed by atoms with van der Waals surface area (Å²) >= 11 is 0. The van der Waals surface area contributed by atoms with Crippen LogP contribution in [0.2, 0.25) is 0 Å². The average Bonchev–Trinajstić information content (AvgIpc) is 3.56. The Bertz CT molecular complexity index is 617. The number of hydrogen-bond donors (Lipinski definition) is 1. The average molecular weight is 386 g/mol. The van der Waals surface area contributed by atoms with E-state index in [4.69, 9.17) is 4.74 Å². The fourth-order valence-electron chi connectivity index (χ4n) is 4.58. The van der Waals surface area contributed by atoms with Crippen LogP contribution in [0, 0.1) is 5.92 Å². The van der Waals surface area contributed by atoms with Crippen LogP contribution >= 0.6 is 0 Å². The van der Waals surface area contributed by atoms with Gasteiger partial charge in [-0.15, -0.1) is 0 Å². The molecule has 1 N–H and O–H groups in total. The summed E-state index contributed by atoms with van der Waals surface area (Å²) in [5.41, 5.74) is 2.20. The van der Waals surface area contributed by atoms with Gasteiger partial charge in [0.1, 0.15) is 0 Å². The van der Waals surface area contributed by atoms with Gasteiger partial charge in [0.25, 0.3) is 0 Å². The molecule has 0 atom stereocenters. The van der Waals surface area contributed by atoms with Gasteiger partial charge in [0.2, 0.25) is 5.91 Å². The van der Waals surface area contributed by atoms with Gasteiger partial charge in [0.15, 0.2) is 0 Å². The number of nitrogens with zero attached hydrogens (tertiary/aromatic N) is 2. The third-order valence-electron chi connectivity index (χ3n) is 6.37. The van der Waals surface area contributed by atoms with E-state index in [9.17, 15) is 4.79 Å². The van der Waals surface area contributed by atoms with Gasteiger partial charge in [-0.05, 0) is 49.3 Å². The molecule has 0 unspecified atom stereocenters. The highest BCUT2D eigenvalue weighted by Crippen LogP contribution is 2.31. The lowest BCUT2D eigenvalue weighted by Gasteiger charge is -2.29. The molecule has 0 bridgehead atoms. The van der Waals surface area contributed by atoms with E-state index in [2.05, 4.69) is 27.2 Å². The van der Waals surface area contributed by atoms with E-state index in [1.165, 1.54) is 50.5 Å². The molecule has 5 heteroatoms. The van der Waals surface area contributed by atoms with Crippen molar-refractivity contribution in [1.82, 2.24) is 9.80 Å². The second kappa shape index (κ2) is 9.86. The standard InChI is InChI=1S/C23H35N3O2/c27-23(18-26(22-10-11-22)17-19-4-2-1-3-5-19)24-21-8-6-20(7-9-21)16-25-12-14-28-15-13-25/h6-9,19,22H,1-5,10-18H2,(H,24,27). The topological polar surface area (TPSA) is 44.8 Å². The maximum atomic E-state index is 12.6. The molecule has 1 aromatic carbocycles. The van der Waals surface area contributed by atoms with Crippen LogP contribution in [-0.2, 0) is 16.1 Å². The molecule has 1 amide bonds. The predicted octanol–water partition coefficient (Wildman–Crippen LogP) is 3.50. The van der Waals surface area contributed by atoms with Gasteiger partial charge in [-0.1, -0.05) is 31.4 Å². The summed E-state index contributed by atoms with van der Waals surface area (Å²) in [4.78, 5) is 17.5. The molecule has 2 aliphatic carbocycles. The molecule has 1 aliphatic heterocycles. The molecule has 3 fully saturated rings. The maximum Gasteiger partial charge on any atom is 0.238 e. The van der Waals surface area contributed by atoms with Gasteiger partial charge in [-0.3, -0.25) is 14.6 Å². The van der Waals surface area contributed by atoms with E-state index in [-0.39, 0.29) is 5.91 Å². The Morgan fingerprint density at radius 1 is 1.04 bits per heavy atom. The van der Waals surface area contributed by atoms with Gasteiger partial charge >= 0.3 is 0 Å². The number of anilines is 1. The second-order valence-corrected chi connectivity index (χ2v) is 8.80. The van der Waals surface area contributed by atoms with E-state index < -0.39 is 0 Å². The van der Waals surface area contributed by atoms with Crippen LogP contribution in [0.25, 0.3) is 0 Å². The van der Waals surface area contributed by atoms with Crippen LogP contribution in [0.3, 0.4) is 0 Å². The van der Waals surface area contributed by atoms with Crippen LogP contribution in [0.4, 0.5) is 5.69 Å². The lowest BCUT2D eigenvalue weighted by atomic mass is 9.89. The number of hydrogen-bond acceptors (Lipinski definition) is 4. The molecule has 3 aliphatic rings. The summed E-state index contributed by atoms with van der Waals surface area (Å²) in [5, 5.41) is 3.11. The van der Waals surface area contributed by atoms with E-state index >= 15 is 0 Å². The van der Waals surface area contributed by atoms with Crippen LogP contribution in [-0.4, -0.2) is 61.1 Å². The molecule has 4 rings (SSSR count). The van der Waals surface area contributed by atoms with Crippen molar-refractivity contribution in [3.63, 3.8) is 0 Å². The van der Waals surface area contributed by atoms with Crippen LogP contribution in [0.5, 0.6) is 0 Å². The zero-order valence-electron chi connectivity index (χ0n) is 17.1. The molecule has 0 radical (unpaired) electrons. The maximum absolute atomic E-state index is 12.6. The minimum Gasteiger partial charge on any atom is -0.379 e. The van der Waals surface area contributed by atoms with E-state index in [0.29, 0.717) is 12.6 Å². The molecule has 154 valence electrons. The first kappa shape index (κ1) is 19.9. The van der Waals surface area contributed by atoms with Crippen molar-refractivity contribution in [2.45, 2.75) is 57.5 Å². The lowest BCUT2D eigenvalue weighted by molar-refractivity contribution is -0.117. The fourth-order valence-corrected chi connectivity index (χ4v) is 4.58. The van der Waals surface area contributed by atoms with Gasteiger partial charge in [-0.25, -0.2) is 0 Å². The smallest absolute Gasteiger partial charge is 0.238 e. The number of rotatable bonds is 8. The zero-order valence-corrected chi connectivity index (χ0v) is 17.1. The molecular formula is C23H35N3O2.